The van der Waals surface area contributed by atoms with Crippen LogP contribution in [0.2, 0.25) is 5.02 Å². The first-order chi connectivity index (χ1) is 9.22. The molecule has 0 spiro atoms. The molecule has 3 atom stereocenters. The summed E-state index contributed by atoms with van der Waals surface area (Å²) in [4.78, 5) is 0. The van der Waals surface area contributed by atoms with Gasteiger partial charge in [0.2, 0.25) is 0 Å². The van der Waals surface area contributed by atoms with Gasteiger partial charge in [0.15, 0.2) is 0 Å². The Balaban J connectivity index is 1.68. The van der Waals surface area contributed by atoms with Crippen LogP contribution in [0.25, 0.3) is 0 Å². The number of halogens is 1. The summed E-state index contributed by atoms with van der Waals surface area (Å²) in [6, 6.07) is 0.708. The lowest BCUT2D eigenvalue weighted by atomic mass is 9.95. The van der Waals surface area contributed by atoms with Crippen LogP contribution in [0.1, 0.15) is 50.9 Å². The highest BCUT2D eigenvalue weighted by molar-refractivity contribution is 6.31. The summed E-state index contributed by atoms with van der Waals surface area (Å²) < 4.78 is 2.06. The average molecular weight is 282 g/mol. The number of hydrogen-bond acceptors (Lipinski definition) is 2. The molecule has 2 aliphatic rings. The van der Waals surface area contributed by atoms with E-state index in [4.69, 9.17) is 11.6 Å². The monoisotopic (exact) mass is 281 g/mol. The second-order valence-corrected chi connectivity index (χ2v) is 6.42. The zero-order valence-electron chi connectivity index (χ0n) is 12.0. The van der Waals surface area contributed by atoms with Gasteiger partial charge in [-0.3, -0.25) is 4.68 Å². The van der Waals surface area contributed by atoms with Crippen LogP contribution in [0, 0.1) is 11.8 Å². The van der Waals surface area contributed by atoms with Gasteiger partial charge >= 0.3 is 0 Å². The third-order valence-electron chi connectivity index (χ3n) is 4.96. The fraction of sp³-hybridized carbons (Fsp3) is 0.800. The molecule has 3 rings (SSSR count). The Hall–Kier alpha value is -0.540. The van der Waals surface area contributed by atoms with Gasteiger partial charge in [-0.2, -0.15) is 5.10 Å². The van der Waals surface area contributed by atoms with Crippen LogP contribution in [0.3, 0.4) is 0 Å². The molecule has 19 heavy (non-hydrogen) atoms. The van der Waals surface area contributed by atoms with Gasteiger partial charge in [-0.15, -0.1) is 0 Å². The number of fused-ring (bicyclic) bond motifs is 2. The molecule has 2 aliphatic carbocycles. The second-order valence-electron chi connectivity index (χ2n) is 6.04. The molecular formula is C15H24ClN3. The molecule has 0 saturated heterocycles. The van der Waals surface area contributed by atoms with Crippen LogP contribution in [0.4, 0.5) is 0 Å². The smallest absolute Gasteiger partial charge is 0.0863 e. The molecule has 1 N–H and O–H groups in total. The van der Waals surface area contributed by atoms with Crippen molar-refractivity contribution in [2.24, 2.45) is 11.8 Å². The quantitative estimate of drug-likeness (QED) is 0.896. The fourth-order valence-corrected chi connectivity index (χ4v) is 4.24. The third-order valence-corrected chi connectivity index (χ3v) is 5.40. The topological polar surface area (TPSA) is 29.9 Å². The molecule has 2 fully saturated rings. The summed E-state index contributed by atoms with van der Waals surface area (Å²) >= 11 is 6.45. The lowest BCUT2D eigenvalue weighted by Crippen LogP contribution is -2.34. The van der Waals surface area contributed by atoms with E-state index >= 15 is 0 Å². The van der Waals surface area contributed by atoms with Crippen LogP contribution < -0.4 is 5.32 Å². The lowest BCUT2D eigenvalue weighted by molar-refractivity contribution is 0.346. The Kier molecular flexibility index (Phi) is 3.86. The highest BCUT2D eigenvalue weighted by atomic mass is 35.5. The van der Waals surface area contributed by atoms with E-state index in [1.807, 2.05) is 0 Å². The van der Waals surface area contributed by atoms with E-state index in [1.165, 1.54) is 31.4 Å². The fourth-order valence-electron chi connectivity index (χ4n) is 3.91. The average Bonchev–Trinajstić information content (AvgIpc) is 3.10. The van der Waals surface area contributed by atoms with E-state index in [2.05, 4.69) is 28.9 Å². The first-order valence-corrected chi connectivity index (χ1v) is 8.08. The molecule has 0 amide bonds. The number of aryl methyl sites for hydroxylation is 2. The van der Waals surface area contributed by atoms with Gasteiger partial charge in [0.25, 0.3) is 0 Å². The summed E-state index contributed by atoms with van der Waals surface area (Å²) in [5.74, 6) is 1.90. The number of nitrogens with zero attached hydrogens (tertiary/aromatic N) is 2. The first kappa shape index (κ1) is 13.4. The second kappa shape index (κ2) is 5.45. The SMILES string of the molecule is CCc1nn(CC)c(CNC2CC3CCC2C3)c1Cl. The summed E-state index contributed by atoms with van der Waals surface area (Å²) in [6.45, 7) is 6.01. The van der Waals surface area contributed by atoms with Crippen molar-refractivity contribution < 1.29 is 0 Å². The molecule has 1 aromatic rings. The highest BCUT2D eigenvalue weighted by Crippen LogP contribution is 2.44. The summed E-state index contributed by atoms with van der Waals surface area (Å²) in [7, 11) is 0. The molecule has 3 nitrogen and oxygen atoms in total. The third kappa shape index (κ3) is 2.43. The zero-order valence-corrected chi connectivity index (χ0v) is 12.7. The van der Waals surface area contributed by atoms with Crippen LogP contribution in [0.15, 0.2) is 0 Å². The van der Waals surface area contributed by atoms with Gasteiger partial charge in [-0.25, -0.2) is 0 Å². The largest absolute Gasteiger partial charge is 0.308 e. The normalized spacial score (nSPS) is 29.3. The summed E-state index contributed by atoms with van der Waals surface area (Å²) in [6.07, 6.45) is 6.59. The summed E-state index contributed by atoms with van der Waals surface area (Å²) in [5, 5.41) is 9.20. The van der Waals surface area contributed by atoms with Gasteiger partial charge in [0.1, 0.15) is 0 Å². The van der Waals surface area contributed by atoms with Crippen molar-refractivity contribution in [2.45, 2.75) is 65.1 Å². The first-order valence-electron chi connectivity index (χ1n) is 7.70. The van der Waals surface area contributed by atoms with Gasteiger partial charge in [-0.1, -0.05) is 24.9 Å². The minimum absolute atomic E-state index is 0.708. The molecule has 4 heteroatoms. The van der Waals surface area contributed by atoms with Crippen molar-refractivity contribution >= 4 is 11.6 Å². The van der Waals surface area contributed by atoms with Crippen molar-refractivity contribution in [1.29, 1.82) is 0 Å². The van der Waals surface area contributed by atoms with E-state index in [0.29, 0.717) is 6.04 Å². The van der Waals surface area contributed by atoms with Crippen LogP contribution in [0.5, 0.6) is 0 Å². The van der Waals surface area contributed by atoms with Crippen LogP contribution in [-0.4, -0.2) is 15.8 Å². The molecule has 2 saturated carbocycles. The van der Waals surface area contributed by atoms with Crippen molar-refractivity contribution in [1.82, 2.24) is 15.1 Å². The minimum atomic E-state index is 0.708. The van der Waals surface area contributed by atoms with Crippen molar-refractivity contribution in [3.8, 4) is 0 Å². The number of rotatable bonds is 5. The number of hydrogen-bond donors (Lipinski definition) is 1. The number of aromatic nitrogens is 2. The van der Waals surface area contributed by atoms with Gasteiger partial charge in [0.05, 0.1) is 16.4 Å². The molecule has 1 heterocycles. The highest BCUT2D eigenvalue weighted by Gasteiger charge is 2.39. The standard InChI is InChI=1S/C15H24ClN3/c1-3-12-15(16)14(19(4-2)18-12)9-17-13-8-10-5-6-11(13)7-10/h10-11,13,17H,3-9H2,1-2H3. The maximum absolute atomic E-state index is 6.45. The van der Waals surface area contributed by atoms with E-state index in [0.717, 1.165) is 42.1 Å². The Labute approximate surface area is 120 Å². The predicted octanol–water partition coefficient (Wildman–Crippen LogP) is 3.40. The minimum Gasteiger partial charge on any atom is -0.308 e. The zero-order chi connectivity index (χ0) is 13.4. The van der Waals surface area contributed by atoms with Gasteiger partial charge < -0.3 is 5.32 Å². The van der Waals surface area contributed by atoms with E-state index in [9.17, 15) is 0 Å². The Morgan fingerprint density at radius 1 is 1.32 bits per heavy atom. The molecule has 0 aromatic carbocycles. The van der Waals surface area contributed by atoms with Gasteiger partial charge in [-0.05, 0) is 44.4 Å². The lowest BCUT2D eigenvalue weighted by Gasteiger charge is -2.23. The van der Waals surface area contributed by atoms with E-state index in [-0.39, 0.29) is 0 Å². The summed E-state index contributed by atoms with van der Waals surface area (Å²) in [5.41, 5.74) is 2.21. The molecule has 0 radical (unpaired) electrons. The Morgan fingerprint density at radius 2 is 2.16 bits per heavy atom. The molecule has 3 unspecified atom stereocenters. The van der Waals surface area contributed by atoms with Crippen molar-refractivity contribution in [2.75, 3.05) is 0 Å². The maximum Gasteiger partial charge on any atom is 0.0863 e. The molecule has 2 bridgehead atoms. The van der Waals surface area contributed by atoms with Gasteiger partial charge in [0, 0.05) is 19.1 Å². The van der Waals surface area contributed by atoms with Crippen LogP contribution in [-0.2, 0) is 19.5 Å². The van der Waals surface area contributed by atoms with Crippen molar-refractivity contribution in [3.05, 3.63) is 16.4 Å². The maximum atomic E-state index is 6.45. The molecule has 0 aliphatic heterocycles. The Morgan fingerprint density at radius 3 is 2.74 bits per heavy atom. The van der Waals surface area contributed by atoms with Crippen molar-refractivity contribution in [3.63, 3.8) is 0 Å². The predicted molar refractivity (Wildman–Crippen MR) is 78.4 cm³/mol. The van der Waals surface area contributed by atoms with E-state index < -0.39 is 0 Å². The number of nitrogens with one attached hydrogen (secondary N) is 1. The van der Waals surface area contributed by atoms with E-state index in [1.54, 1.807) is 0 Å². The molecular weight excluding hydrogens is 258 g/mol. The molecule has 106 valence electrons. The van der Waals surface area contributed by atoms with Crippen LogP contribution >= 0.6 is 11.6 Å². The Bertz CT molecular complexity index is 454. The molecule has 1 aromatic heterocycles.